The molecule has 0 unspecified atom stereocenters. The minimum Gasteiger partial charge on any atom is -0.477 e. The first kappa shape index (κ1) is 10.1. The van der Waals surface area contributed by atoms with E-state index < -0.39 is 5.97 Å². The van der Waals surface area contributed by atoms with Crippen molar-refractivity contribution >= 4 is 11.7 Å². The molecule has 0 heterocycles. The molecule has 0 aliphatic carbocycles. The van der Waals surface area contributed by atoms with Gasteiger partial charge in [-0.1, -0.05) is 26.7 Å². The molecule has 0 atom stereocenters. The van der Waals surface area contributed by atoms with Gasteiger partial charge >= 0.3 is 5.97 Å². The maximum Gasteiger partial charge on any atom is 0.349 e. The highest BCUT2D eigenvalue weighted by atomic mass is 16.4. The molecule has 0 saturated carbocycles. The van der Waals surface area contributed by atoms with E-state index in [4.69, 9.17) is 10.5 Å². The van der Waals surface area contributed by atoms with E-state index in [9.17, 15) is 4.79 Å². The highest BCUT2D eigenvalue weighted by molar-refractivity contribution is 6.34. The molecule has 0 saturated heterocycles. The highest BCUT2D eigenvalue weighted by Gasteiger charge is 2.12. The normalized spacial score (nSPS) is 10.1. The van der Waals surface area contributed by atoms with Crippen LogP contribution in [0.1, 0.15) is 33.1 Å². The third kappa shape index (κ3) is 3.75. The second-order valence-electron chi connectivity index (χ2n) is 2.67. The summed E-state index contributed by atoms with van der Waals surface area (Å²) in [5, 5.41) is 15.5. The van der Waals surface area contributed by atoms with Crippen LogP contribution in [-0.4, -0.2) is 16.8 Å². The van der Waals surface area contributed by atoms with Gasteiger partial charge in [0.25, 0.3) is 0 Å². The predicted octanol–water partition coefficient (Wildman–Crippen LogP) is 1.92. The lowest BCUT2D eigenvalue weighted by Crippen LogP contribution is -2.15. The lowest BCUT2D eigenvalue weighted by atomic mass is 9.97. The molecule has 11 heavy (non-hydrogen) atoms. The van der Waals surface area contributed by atoms with Crippen LogP contribution >= 0.6 is 0 Å². The summed E-state index contributed by atoms with van der Waals surface area (Å²) in [6, 6.07) is 0. The van der Waals surface area contributed by atoms with Crippen LogP contribution in [-0.2, 0) is 4.79 Å². The van der Waals surface area contributed by atoms with Crippen molar-refractivity contribution in [2.75, 3.05) is 0 Å². The van der Waals surface area contributed by atoms with Gasteiger partial charge in [-0.15, -0.1) is 0 Å². The summed E-state index contributed by atoms with van der Waals surface area (Å²) >= 11 is 0. The summed E-state index contributed by atoms with van der Waals surface area (Å²) in [7, 11) is 0. The molecule has 0 aromatic rings. The van der Waals surface area contributed by atoms with E-state index in [0.717, 1.165) is 12.8 Å². The highest BCUT2D eigenvalue weighted by Crippen LogP contribution is 2.12. The Hall–Kier alpha value is -0.860. The van der Waals surface area contributed by atoms with Crippen LogP contribution in [0.4, 0.5) is 0 Å². The fourth-order valence-corrected chi connectivity index (χ4v) is 0.953. The van der Waals surface area contributed by atoms with Gasteiger partial charge in [0.2, 0.25) is 0 Å². The Morgan fingerprint density at radius 1 is 1.45 bits per heavy atom. The van der Waals surface area contributed by atoms with E-state index >= 15 is 0 Å². The van der Waals surface area contributed by atoms with Crippen LogP contribution in [0.2, 0.25) is 0 Å². The average molecular weight is 157 g/mol. The topological polar surface area (TPSA) is 61.2 Å². The third-order valence-electron chi connectivity index (χ3n) is 1.91. The zero-order valence-corrected chi connectivity index (χ0v) is 7.05. The van der Waals surface area contributed by atoms with Crippen molar-refractivity contribution in [2.45, 2.75) is 33.1 Å². The van der Waals surface area contributed by atoms with Crippen LogP contribution in [0.25, 0.3) is 0 Å². The second kappa shape index (κ2) is 4.88. The minimum atomic E-state index is -1.09. The summed E-state index contributed by atoms with van der Waals surface area (Å²) in [6.07, 6.45) is 2.31. The molecule has 0 rings (SSSR count). The number of carboxylic acid groups (broad SMARTS) is 1. The number of carboxylic acids is 1. The number of rotatable bonds is 5. The molecule has 0 bridgehead atoms. The van der Waals surface area contributed by atoms with Gasteiger partial charge in [0.05, 0.1) is 0 Å². The van der Waals surface area contributed by atoms with Gasteiger partial charge in [0.15, 0.2) is 0 Å². The zero-order chi connectivity index (χ0) is 8.85. The van der Waals surface area contributed by atoms with Crippen molar-refractivity contribution in [3.05, 3.63) is 0 Å². The molecule has 0 aromatic carbocycles. The van der Waals surface area contributed by atoms with Crippen molar-refractivity contribution in [1.82, 2.24) is 0 Å². The maximum atomic E-state index is 10.2. The first-order valence-electron chi connectivity index (χ1n) is 3.92. The standard InChI is InChI=1S/C8H15NO2/c1-3-6(4-2)5-7(9)8(10)11/h6,9H,3-5H2,1-2H3,(H,10,11). The van der Waals surface area contributed by atoms with E-state index in [1.807, 2.05) is 13.8 Å². The molecule has 0 aliphatic heterocycles. The van der Waals surface area contributed by atoms with Crippen molar-refractivity contribution in [1.29, 1.82) is 5.41 Å². The van der Waals surface area contributed by atoms with Gasteiger partial charge in [-0.2, -0.15) is 0 Å². The number of hydrogen-bond acceptors (Lipinski definition) is 2. The van der Waals surface area contributed by atoms with Gasteiger partial charge in [-0.3, -0.25) is 5.41 Å². The van der Waals surface area contributed by atoms with E-state index in [0.29, 0.717) is 12.3 Å². The predicted molar refractivity (Wildman–Crippen MR) is 44.1 cm³/mol. The number of carbonyl (C=O) groups is 1. The lowest BCUT2D eigenvalue weighted by molar-refractivity contribution is -0.129. The molecule has 64 valence electrons. The molecule has 0 amide bonds. The second-order valence-corrected chi connectivity index (χ2v) is 2.67. The molecular weight excluding hydrogens is 142 g/mol. The molecule has 2 N–H and O–H groups in total. The largest absolute Gasteiger partial charge is 0.477 e. The van der Waals surface area contributed by atoms with Crippen molar-refractivity contribution in [2.24, 2.45) is 5.92 Å². The van der Waals surface area contributed by atoms with Crippen molar-refractivity contribution in [3.8, 4) is 0 Å². The summed E-state index contributed by atoms with van der Waals surface area (Å²) in [4.78, 5) is 10.2. The van der Waals surface area contributed by atoms with Crippen LogP contribution in [0.5, 0.6) is 0 Å². The molecule has 3 nitrogen and oxygen atoms in total. The SMILES string of the molecule is CCC(CC)CC(=N)C(=O)O. The Kier molecular flexibility index (Phi) is 4.50. The smallest absolute Gasteiger partial charge is 0.349 e. The average Bonchev–Trinajstić information content (AvgIpc) is 1.99. The molecule has 0 aromatic heterocycles. The van der Waals surface area contributed by atoms with E-state index in [-0.39, 0.29) is 5.71 Å². The monoisotopic (exact) mass is 157 g/mol. The van der Waals surface area contributed by atoms with Crippen LogP contribution in [0, 0.1) is 11.3 Å². The molecule has 0 fully saturated rings. The Bertz CT molecular complexity index is 150. The minimum absolute atomic E-state index is 0.168. The van der Waals surface area contributed by atoms with Gasteiger partial charge in [-0.25, -0.2) is 4.79 Å². The fraction of sp³-hybridized carbons (Fsp3) is 0.750. The van der Waals surface area contributed by atoms with Gasteiger partial charge < -0.3 is 5.11 Å². The molecule has 3 heteroatoms. The third-order valence-corrected chi connectivity index (χ3v) is 1.91. The summed E-state index contributed by atoms with van der Waals surface area (Å²) in [5.41, 5.74) is -0.168. The van der Waals surface area contributed by atoms with E-state index in [1.165, 1.54) is 0 Å². The summed E-state index contributed by atoms with van der Waals surface area (Å²) < 4.78 is 0. The molecule has 0 aliphatic rings. The summed E-state index contributed by atoms with van der Waals surface area (Å²) in [5.74, 6) is -0.726. The fourth-order valence-electron chi connectivity index (χ4n) is 0.953. The van der Waals surface area contributed by atoms with Gasteiger partial charge in [-0.05, 0) is 12.3 Å². The number of nitrogens with one attached hydrogen (secondary N) is 1. The van der Waals surface area contributed by atoms with E-state index in [2.05, 4.69) is 0 Å². The number of hydrogen-bond donors (Lipinski definition) is 2. The number of aliphatic carboxylic acids is 1. The van der Waals surface area contributed by atoms with Crippen molar-refractivity contribution in [3.63, 3.8) is 0 Å². The van der Waals surface area contributed by atoms with E-state index in [1.54, 1.807) is 0 Å². The Balaban J connectivity index is 3.81. The lowest BCUT2D eigenvalue weighted by Gasteiger charge is -2.09. The Morgan fingerprint density at radius 3 is 2.18 bits per heavy atom. The molecule has 0 radical (unpaired) electrons. The zero-order valence-electron chi connectivity index (χ0n) is 7.05. The molecular formula is C8H15NO2. The Labute approximate surface area is 66.9 Å². The van der Waals surface area contributed by atoms with Gasteiger partial charge in [0.1, 0.15) is 5.71 Å². The van der Waals surface area contributed by atoms with Crippen LogP contribution in [0.3, 0.4) is 0 Å². The van der Waals surface area contributed by atoms with Crippen LogP contribution in [0.15, 0.2) is 0 Å². The van der Waals surface area contributed by atoms with Gasteiger partial charge in [0, 0.05) is 0 Å². The first-order valence-corrected chi connectivity index (χ1v) is 3.92. The van der Waals surface area contributed by atoms with Crippen molar-refractivity contribution < 1.29 is 9.90 Å². The quantitative estimate of drug-likeness (QED) is 0.599. The first-order chi connectivity index (χ1) is 5.11. The Morgan fingerprint density at radius 2 is 1.91 bits per heavy atom. The summed E-state index contributed by atoms with van der Waals surface area (Å²) in [6.45, 7) is 4.03. The van der Waals surface area contributed by atoms with Crippen LogP contribution < -0.4 is 0 Å². The molecule has 0 spiro atoms. The maximum absolute atomic E-state index is 10.2.